The molecule has 0 aliphatic carbocycles. The van der Waals surface area contributed by atoms with E-state index in [1.807, 2.05) is 4.90 Å². The van der Waals surface area contributed by atoms with Crippen molar-refractivity contribution in [2.24, 2.45) is 0 Å². The van der Waals surface area contributed by atoms with Crippen molar-refractivity contribution in [1.29, 1.82) is 0 Å². The fraction of sp³-hybridized carbons (Fsp3) is 0.273. The SMILES string of the molecule is O=C1C(c2ccc(Cl)cc2)=C(N2CCCCC2)C(=O)N1Cc1ccc(F)cc1. The van der Waals surface area contributed by atoms with Gasteiger partial charge in [-0.2, -0.15) is 0 Å². The number of carbonyl (C=O) groups is 2. The van der Waals surface area contributed by atoms with Crippen molar-refractivity contribution in [3.05, 3.63) is 76.2 Å². The fourth-order valence-electron chi connectivity index (χ4n) is 3.77. The Morgan fingerprint density at radius 1 is 0.857 bits per heavy atom. The molecule has 2 aliphatic rings. The summed E-state index contributed by atoms with van der Waals surface area (Å²) >= 11 is 6.00. The Kier molecular flexibility index (Phi) is 5.18. The minimum Gasteiger partial charge on any atom is -0.366 e. The van der Waals surface area contributed by atoms with E-state index in [4.69, 9.17) is 11.6 Å². The molecule has 4 nitrogen and oxygen atoms in total. The van der Waals surface area contributed by atoms with Crippen LogP contribution in [-0.2, 0) is 16.1 Å². The van der Waals surface area contributed by atoms with E-state index < -0.39 is 0 Å². The molecule has 0 N–H and O–H groups in total. The highest BCUT2D eigenvalue weighted by Gasteiger charge is 2.41. The average Bonchev–Trinajstić information content (AvgIpc) is 2.95. The number of carbonyl (C=O) groups excluding carboxylic acids is 2. The topological polar surface area (TPSA) is 40.6 Å². The smallest absolute Gasteiger partial charge is 0.278 e. The van der Waals surface area contributed by atoms with Gasteiger partial charge in [-0.05, 0) is 54.7 Å². The van der Waals surface area contributed by atoms with Gasteiger partial charge in [0.2, 0.25) is 0 Å². The normalized spacial score (nSPS) is 17.6. The summed E-state index contributed by atoms with van der Waals surface area (Å²) in [4.78, 5) is 29.8. The Labute approximate surface area is 168 Å². The van der Waals surface area contributed by atoms with Crippen LogP contribution in [0.1, 0.15) is 30.4 Å². The summed E-state index contributed by atoms with van der Waals surface area (Å²) in [7, 11) is 0. The Morgan fingerprint density at radius 3 is 2.14 bits per heavy atom. The second-order valence-corrected chi connectivity index (χ2v) is 7.54. The van der Waals surface area contributed by atoms with E-state index in [0.29, 0.717) is 27.4 Å². The van der Waals surface area contributed by atoms with E-state index in [1.165, 1.54) is 17.0 Å². The number of imide groups is 1. The molecular formula is C22H20ClFN2O2. The van der Waals surface area contributed by atoms with E-state index >= 15 is 0 Å². The van der Waals surface area contributed by atoms with Crippen LogP contribution < -0.4 is 0 Å². The number of benzene rings is 2. The molecule has 1 saturated heterocycles. The van der Waals surface area contributed by atoms with E-state index in [9.17, 15) is 14.0 Å². The third kappa shape index (κ3) is 3.54. The molecule has 0 aromatic heterocycles. The third-order valence-electron chi connectivity index (χ3n) is 5.20. The molecule has 6 heteroatoms. The number of nitrogens with zero attached hydrogens (tertiary/aromatic N) is 2. The highest BCUT2D eigenvalue weighted by atomic mass is 35.5. The number of rotatable bonds is 4. The summed E-state index contributed by atoms with van der Waals surface area (Å²) < 4.78 is 13.2. The molecule has 28 heavy (non-hydrogen) atoms. The molecule has 2 heterocycles. The van der Waals surface area contributed by atoms with Crippen LogP contribution in [0.25, 0.3) is 5.57 Å². The summed E-state index contributed by atoms with van der Waals surface area (Å²) in [6, 6.07) is 12.8. The fourth-order valence-corrected chi connectivity index (χ4v) is 3.89. The zero-order valence-corrected chi connectivity index (χ0v) is 16.1. The number of amides is 2. The zero-order valence-electron chi connectivity index (χ0n) is 15.3. The summed E-state index contributed by atoms with van der Waals surface area (Å²) in [5.74, 6) is -0.963. The van der Waals surface area contributed by atoms with Crippen LogP contribution in [0.2, 0.25) is 5.02 Å². The van der Waals surface area contributed by atoms with Gasteiger partial charge < -0.3 is 4.90 Å². The molecule has 0 unspecified atom stereocenters. The molecule has 2 aliphatic heterocycles. The summed E-state index contributed by atoms with van der Waals surface area (Å²) in [5, 5.41) is 0.573. The van der Waals surface area contributed by atoms with E-state index in [0.717, 1.165) is 32.4 Å². The largest absolute Gasteiger partial charge is 0.366 e. The van der Waals surface area contributed by atoms with Crippen molar-refractivity contribution < 1.29 is 14.0 Å². The predicted octanol–water partition coefficient (Wildman–Crippen LogP) is 4.25. The lowest BCUT2D eigenvalue weighted by molar-refractivity contribution is -0.138. The van der Waals surface area contributed by atoms with Crippen LogP contribution in [0, 0.1) is 5.82 Å². The van der Waals surface area contributed by atoms with Gasteiger partial charge in [0.15, 0.2) is 0 Å². The van der Waals surface area contributed by atoms with Gasteiger partial charge in [-0.15, -0.1) is 0 Å². The number of likely N-dealkylation sites (tertiary alicyclic amines) is 1. The third-order valence-corrected chi connectivity index (χ3v) is 5.45. The summed E-state index contributed by atoms with van der Waals surface area (Å²) in [5.41, 5.74) is 2.28. The number of halogens is 2. The van der Waals surface area contributed by atoms with Gasteiger partial charge in [0.25, 0.3) is 11.8 Å². The molecule has 4 rings (SSSR count). The lowest BCUT2D eigenvalue weighted by atomic mass is 10.0. The zero-order chi connectivity index (χ0) is 19.7. The van der Waals surface area contributed by atoms with Crippen LogP contribution in [0.5, 0.6) is 0 Å². The molecule has 2 amide bonds. The van der Waals surface area contributed by atoms with Gasteiger partial charge in [0.1, 0.15) is 11.5 Å². The first-order valence-corrected chi connectivity index (χ1v) is 9.78. The molecule has 1 fully saturated rings. The second kappa shape index (κ2) is 7.76. The van der Waals surface area contributed by atoms with Crippen LogP contribution in [0.3, 0.4) is 0 Å². The molecule has 2 aromatic rings. The molecule has 0 atom stereocenters. The van der Waals surface area contributed by atoms with Gasteiger partial charge in [0.05, 0.1) is 12.1 Å². The maximum Gasteiger partial charge on any atom is 0.278 e. The maximum absolute atomic E-state index is 13.2. The highest BCUT2D eigenvalue weighted by molar-refractivity contribution is 6.35. The highest BCUT2D eigenvalue weighted by Crippen LogP contribution is 2.34. The molecular weight excluding hydrogens is 379 g/mol. The van der Waals surface area contributed by atoms with Crippen LogP contribution >= 0.6 is 11.6 Å². The Bertz CT molecular complexity index is 932. The van der Waals surface area contributed by atoms with Gasteiger partial charge in [-0.3, -0.25) is 14.5 Å². The van der Waals surface area contributed by atoms with Crippen molar-refractivity contribution in [3.8, 4) is 0 Å². The molecule has 0 saturated carbocycles. The van der Waals surface area contributed by atoms with E-state index in [2.05, 4.69) is 0 Å². The maximum atomic E-state index is 13.2. The monoisotopic (exact) mass is 398 g/mol. The number of hydrogen-bond acceptors (Lipinski definition) is 3. The Morgan fingerprint density at radius 2 is 1.50 bits per heavy atom. The number of piperidine rings is 1. The Hall–Kier alpha value is -2.66. The lowest BCUT2D eigenvalue weighted by Gasteiger charge is -2.29. The first kappa shape index (κ1) is 18.7. The van der Waals surface area contributed by atoms with E-state index in [-0.39, 0.29) is 24.2 Å². The molecule has 2 aromatic carbocycles. The molecule has 0 radical (unpaired) electrons. The minimum atomic E-state index is -0.350. The Balaban J connectivity index is 1.72. The first-order chi connectivity index (χ1) is 13.5. The second-order valence-electron chi connectivity index (χ2n) is 7.10. The summed E-state index contributed by atoms with van der Waals surface area (Å²) in [6.45, 7) is 1.64. The van der Waals surface area contributed by atoms with Gasteiger partial charge >= 0.3 is 0 Å². The van der Waals surface area contributed by atoms with E-state index in [1.54, 1.807) is 36.4 Å². The van der Waals surface area contributed by atoms with Gasteiger partial charge in [-0.1, -0.05) is 35.9 Å². The minimum absolute atomic E-state index is 0.117. The summed E-state index contributed by atoms with van der Waals surface area (Å²) in [6.07, 6.45) is 3.12. The van der Waals surface area contributed by atoms with Gasteiger partial charge in [0, 0.05) is 18.1 Å². The van der Waals surface area contributed by atoms with Crippen LogP contribution in [-0.4, -0.2) is 34.7 Å². The van der Waals surface area contributed by atoms with Crippen molar-refractivity contribution in [2.45, 2.75) is 25.8 Å². The quantitative estimate of drug-likeness (QED) is 0.723. The number of hydrogen-bond donors (Lipinski definition) is 0. The predicted molar refractivity (Wildman–Crippen MR) is 106 cm³/mol. The molecule has 0 spiro atoms. The lowest BCUT2D eigenvalue weighted by Crippen LogP contribution is -2.36. The molecule has 144 valence electrons. The van der Waals surface area contributed by atoms with Gasteiger partial charge in [-0.25, -0.2) is 4.39 Å². The van der Waals surface area contributed by atoms with Crippen molar-refractivity contribution >= 4 is 29.0 Å². The van der Waals surface area contributed by atoms with Crippen molar-refractivity contribution in [2.75, 3.05) is 13.1 Å². The molecule has 0 bridgehead atoms. The van der Waals surface area contributed by atoms with Crippen molar-refractivity contribution in [3.63, 3.8) is 0 Å². The van der Waals surface area contributed by atoms with Crippen LogP contribution in [0.15, 0.2) is 54.2 Å². The first-order valence-electron chi connectivity index (χ1n) is 9.40. The van der Waals surface area contributed by atoms with Crippen molar-refractivity contribution in [1.82, 2.24) is 9.80 Å². The standard InChI is InChI=1S/C22H20ClFN2O2/c23-17-8-6-16(7-9-17)19-20(25-12-2-1-3-13-25)22(28)26(21(19)27)14-15-4-10-18(24)11-5-15/h4-11H,1-3,12-14H2. The average molecular weight is 399 g/mol. The van der Waals surface area contributed by atoms with Crippen LogP contribution in [0.4, 0.5) is 4.39 Å².